The first-order chi connectivity index (χ1) is 10.7. The smallest absolute Gasteiger partial charge is 0.303 e. The van der Waals surface area contributed by atoms with Gasteiger partial charge in [0.1, 0.15) is 5.75 Å². The number of hydrogen-bond acceptors (Lipinski definition) is 4. The van der Waals surface area contributed by atoms with Gasteiger partial charge in [0, 0.05) is 39.1 Å². The van der Waals surface area contributed by atoms with Crippen LogP contribution < -0.4 is 10.1 Å². The van der Waals surface area contributed by atoms with Crippen molar-refractivity contribution in [2.24, 2.45) is 0 Å². The second-order valence-electron chi connectivity index (χ2n) is 5.72. The van der Waals surface area contributed by atoms with Crippen LogP contribution in [0.4, 0.5) is 0 Å². The van der Waals surface area contributed by atoms with Gasteiger partial charge in [-0.2, -0.15) is 0 Å². The van der Waals surface area contributed by atoms with Gasteiger partial charge in [0.15, 0.2) is 0 Å². The van der Waals surface area contributed by atoms with Crippen LogP contribution in [0.15, 0.2) is 24.3 Å². The Hall–Kier alpha value is -1.59. The summed E-state index contributed by atoms with van der Waals surface area (Å²) in [5, 5.41) is 11.9. The summed E-state index contributed by atoms with van der Waals surface area (Å²) >= 11 is 0. The summed E-state index contributed by atoms with van der Waals surface area (Å²) < 4.78 is 5.69. The van der Waals surface area contributed by atoms with Crippen molar-refractivity contribution in [3.05, 3.63) is 29.8 Å². The fourth-order valence-electron chi connectivity index (χ4n) is 2.56. The number of aliphatic carboxylic acids is 1. The molecule has 22 heavy (non-hydrogen) atoms. The zero-order chi connectivity index (χ0) is 15.6. The lowest BCUT2D eigenvalue weighted by molar-refractivity contribution is -0.137. The molecular formula is C17H26N2O3. The molecule has 1 fully saturated rings. The molecular weight excluding hydrogens is 280 g/mol. The van der Waals surface area contributed by atoms with Gasteiger partial charge >= 0.3 is 5.97 Å². The standard InChI is InChI=1S/C17H26N2O3/c20-17(21)4-2-1-3-13-22-16-7-5-15(6-8-16)14-19-11-9-18-10-12-19/h5-8,18H,1-4,9-14H2,(H,20,21). The zero-order valence-electron chi connectivity index (χ0n) is 13.1. The van der Waals surface area contributed by atoms with Gasteiger partial charge in [-0.25, -0.2) is 0 Å². The van der Waals surface area contributed by atoms with Crippen LogP contribution >= 0.6 is 0 Å². The fraction of sp³-hybridized carbons (Fsp3) is 0.588. The van der Waals surface area contributed by atoms with Gasteiger partial charge in [0.05, 0.1) is 6.61 Å². The maximum atomic E-state index is 10.4. The number of ether oxygens (including phenoxy) is 1. The molecule has 2 N–H and O–H groups in total. The third-order valence-corrected chi connectivity index (χ3v) is 3.84. The van der Waals surface area contributed by atoms with E-state index in [1.807, 2.05) is 12.1 Å². The molecule has 0 radical (unpaired) electrons. The second kappa shape index (κ2) is 9.43. The first-order valence-electron chi connectivity index (χ1n) is 8.10. The molecule has 1 aromatic carbocycles. The topological polar surface area (TPSA) is 61.8 Å². The maximum absolute atomic E-state index is 10.4. The molecule has 0 atom stereocenters. The Morgan fingerprint density at radius 1 is 1.14 bits per heavy atom. The van der Waals surface area contributed by atoms with Crippen LogP contribution in [-0.4, -0.2) is 48.8 Å². The number of carboxylic acid groups (broad SMARTS) is 1. The largest absolute Gasteiger partial charge is 0.494 e. The van der Waals surface area contributed by atoms with Crippen LogP contribution in [0.3, 0.4) is 0 Å². The van der Waals surface area contributed by atoms with E-state index in [0.29, 0.717) is 6.61 Å². The molecule has 1 heterocycles. The highest BCUT2D eigenvalue weighted by molar-refractivity contribution is 5.66. The van der Waals surface area contributed by atoms with Crippen molar-refractivity contribution < 1.29 is 14.6 Å². The minimum Gasteiger partial charge on any atom is -0.494 e. The predicted molar refractivity (Wildman–Crippen MR) is 86.2 cm³/mol. The van der Waals surface area contributed by atoms with E-state index in [4.69, 9.17) is 9.84 Å². The minimum absolute atomic E-state index is 0.251. The summed E-state index contributed by atoms with van der Waals surface area (Å²) in [4.78, 5) is 12.8. The molecule has 0 unspecified atom stereocenters. The van der Waals surface area contributed by atoms with Crippen molar-refractivity contribution in [3.63, 3.8) is 0 Å². The van der Waals surface area contributed by atoms with Gasteiger partial charge in [0.2, 0.25) is 0 Å². The highest BCUT2D eigenvalue weighted by Gasteiger charge is 2.09. The van der Waals surface area contributed by atoms with E-state index in [2.05, 4.69) is 22.3 Å². The lowest BCUT2D eigenvalue weighted by atomic mass is 10.2. The summed E-state index contributed by atoms with van der Waals surface area (Å²) in [6.07, 6.45) is 2.77. The Balaban J connectivity index is 1.62. The monoisotopic (exact) mass is 306 g/mol. The number of hydrogen-bond donors (Lipinski definition) is 2. The van der Waals surface area contributed by atoms with Crippen molar-refractivity contribution in [1.29, 1.82) is 0 Å². The molecule has 0 amide bonds. The van der Waals surface area contributed by atoms with Crippen LogP contribution in [0.25, 0.3) is 0 Å². The van der Waals surface area contributed by atoms with Crippen molar-refractivity contribution in [2.45, 2.75) is 32.2 Å². The number of carboxylic acids is 1. The van der Waals surface area contributed by atoms with E-state index in [1.54, 1.807) is 0 Å². The molecule has 0 aliphatic carbocycles. The van der Waals surface area contributed by atoms with Crippen molar-refractivity contribution in [1.82, 2.24) is 10.2 Å². The Morgan fingerprint density at radius 3 is 2.55 bits per heavy atom. The Morgan fingerprint density at radius 2 is 1.86 bits per heavy atom. The predicted octanol–water partition coefficient (Wildman–Crippen LogP) is 2.12. The zero-order valence-corrected chi connectivity index (χ0v) is 13.1. The average molecular weight is 306 g/mol. The molecule has 122 valence electrons. The van der Waals surface area contributed by atoms with Crippen LogP contribution in [0.2, 0.25) is 0 Å². The molecule has 5 nitrogen and oxygen atoms in total. The maximum Gasteiger partial charge on any atom is 0.303 e. The van der Waals surface area contributed by atoms with E-state index in [0.717, 1.165) is 57.7 Å². The molecule has 0 bridgehead atoms. The van der Waals surface area contributed by atoms with Gasteiger partial charge in [-0.15, -0.1) is 0 Å². The minimum atomic E-state index is -0.721. The van der Waals surface area contributed by atoms with Crippen LogP contribution in [0.1, 0.15) is 31.2 Å². The van der Waals surface area contributed by atoms with Gasteiger partial charge in [-0.05, 0) is 37.0 Å². The van der Waals surface area contributed by atoms with Gasteiger partial charge in [-0.3, -0.25) is 9.69 Å². The van der Waals surface area contributed by atoms with Crippen LogP contribution in [0, 0.1) is 0 Å². The number of carbonyl (C=O) groups is 1. The summed E-state index contributed by atoms with van der Waals surface area (Å²) in [5.41, 5.74) is 1.32. The molecule has 1 aliphatic heterocycles. The SMILES string of the molecule is O=C(O)CCCCCOc1ccc(CN2CCNCC2)cc1. The number of nitrogens with zero attached hydrogens (tertiary/aromatic N) is 1. The van der Waals surface area contributed by atoms with E-state index in [1.165, 1.54) is 5.56 Å². The third-order valence-electron chi connectivity index (χ3n) is 3.84. The molecule has 1 aliphatic rings. The number of unbranched alkanes of at least 4 members (excludes halogenated alkanes) is 2. The number of nitrogens with one attached hydrogen (secondary N) is 1. The Labute approximate surface area is 132 Å². The number of piperazine rings is 1. The van der Waals surface area contributed by atoms with E-state index < -0.39 is 5.97 Å². The second-order valence-corrected chi connectivity index (χ2v) is 5.72. The Bertz CT molecular complexity index is 442. The van der Waals surface area contributed by atoms with Crippen molar-refractivity contribution in [3.8, 4) is 5.75 Å². The molecule has 1 saturated heterocycles. The third kappa shape index (κ3) is 6.45. The highest BCUT2D eigenvalue weighted by Crippen LogP contribution is 2.14. The number of benzene rings is 1. The first kappa shape index (κ1) is 16.8. The van der Waals surface area contributed by atoms with E-state index in [9.17, 15) is 4.79 Å². The molecule has 1 aromatic rings. The quantitative estimate of drug-likeness (QED) is 0.684. The first-order valence-corrected chi connectivity index (χ1v) is 8.10. The molecule has 0 aromatic heterocycles. The van der Waals surface area contributed by atoms with Crippen molar-refractivity contribution >= 4 is 5.97 Å². The van der Waals surface area contributed by atoms with Crippen LogP contribution in [-0.2, 0) is 11.3 Å². The Kier molecular flexibility index (Phi) is 7.19. The molecule has 2 rings (SSSR count). The number of rotatable bonds is 9. The lowest BCUT2D eigenvalue weighted by Gasteiger charge is -2.27. The average Bonchev–Trinajstić information content (AvgIpc) is 2.53. The van der Waals surface area contributed by atoms with Gasteiger partial charge in [0.25, 0.3) is 0 Å². The van der Waals surface area contributed by atoms with Gasteiger partial charge < -0.3 is 15.2 Å². The van der Waals surface area contributed by atoms with E-state index >= 15 is 0 Å². The van der Waals surface area contributed by atoms with E-state index in [-0.39, 0.29) is 6.42 Å². The van der Waals surface area contributed by atoms with Gasteiger partial charge in [-0.1, -0.05) is 12.1 Å². The fourth-order valence-corrected chi connectivity index (χ4v) is 2.56. The summed E-state index contributed by atoms with van der Waals surface area (Å²) in [7, 11) is 0. The van der Waals surface area contributed by atoms with Crippen LogP contribution in [0.5, 0.6) is 5.75 Å². The summed E-state index contributed by atoms with van der Waals surface area (Å²) in [6.45, 7) is 6.00. The normalized spacial score (nSPS) is 15.6. The lowest BCUT2D eigenvalue weighted by Crippen LogP contribution is -2.42. The highest BCUT2D eigenvalue weighted by atomic mass is 16.5. The molecule has 0 saturated carbocycles. The summed E-state index contributed by atoms with van der Waals surface area (Å²) in [5.74, 6) is 0.170. The molecule has 0 spiro atoms. The molecule has 5 heteroatoms. The van der Waals surface area contributed by atoms with Crippen molar-refractivity contribution in [2.75, 3.05) is 32.8 Å². The summed E-state index contributed by atoms with van der Waals surface area (Å²) in [6, 6.07) is 8.30.